The molecule has 24 heavy (non-hydrogen) atoms. The zero-order valence-corrected chi connectivity index (χ0v) is 14.9. The van der Waals surface area contributed by atoms with Gasteiger partial charge in [0.05, 0.1) is 6.04 Å². The van der Waals surface area contributed by atoms with E-state index in [-0.39, 0.29) is 17.9 Å². The number of fused-ring (bicyclic) bond motifs is 1. The first-order chi connectivity index (χ1) is 11.6. The van der Waals surface area contributed by atoms with E-state index < -0.39 is 0 Å². The minimum atomic E-state index is -0.0184. The first kappa shape index (κ1) is 16.0. The van der Waals surface area contributed by atoms with E-state index in [0.29, 0.717) is 16.5 Å². The van der Waals surface area contributed by atoms with E-state index in [2.05, 4.69) is 29.2 Å². The van der Waals surface area contributed by atoms with Crippen molar-refractivity contribution in [3.8, 4) is 0 Å². The Bertz CT molecular complexity index is 769. The average Bonchev–Trinajstić information content (AvgIpc) is 3.15. The van der Waals surface area contributed by atoms with Gasteiger partial charge in [-0.1, -0.05) is 53.5 Å². The van der Waals surface area contributed by atoms with Crippen LogP contribution in [0.3, 0.4) is 0 Å². The molecule has 0 spiro atoms. The fourth-order valence-corrected chi connectivity index (χ4v) is 4.65. The molecule has 2 atom stereocenters. The summed E-state index contributed by atoms with van der Waals surface area (Å²) in [6.45, 7) is 0.824. The molecule has 0 saturated carbocycles. The van der Waals surface area contributed by atoms with Gasteiger partial charge < -0.3 is 4.90 Å². The van der Waals surface area contributed by atoms with Crippen molar-refractivity contribution >= 4 is 29.1 Å². The molecule has 0 N–H and O–H groups in total. The Balaban J connectivity index is 1.53. The highest BCUT2D eigenvalue weighted by Crippen LogP contribution is 2.40. The maximum atomic E-state index is 13.0. The minimum absolute atomic E-state index is 0.0184. The number of benzene rings is 2. The molecule has 2 aromatic rings. The van der Waals surface area contributed by atoms with Crippen molar-refractivity contribution in [2.24, 2.45) is 5.92 Å². The Kier molecular flexibility index (Phi) is 4.28. The number of hydrogen-bond donors (Lipinski definition) is 0. The third kappa shape index (κ3) is 2.72. The Morgan fingerprint density at radius 3 is 2.54 bits per heavy atom. The first-order valence-corrected chi connectivity index (χ1v) is 9.22. The first-order valence-electron chi connectivity index (χ1n) is 8.46. The van der Waals surface area contributed by atoms with Crippen LogP contribution in [0.5, 0.6) is 0 Å². The van der Waals surface area contributed by atoms with Gasteiger partial charge in [-0.2, -0.15) is 0 Å². The van der Waals surface area contributed by atoms with Gasteiger partial charge in [-0.05, 0) is 54.5 Å². The van der Waals surface area contributed by atoms with E-state index in [1.165, 1.54) is 11.1 Å². The van der Waals surface area contributed by atoms with E-state index in [0.717, 1.165) is 31.4 Å². The Hall–Kier alpha value is -1.51. The molecule has 2 nitrogen and oxygen atoms in total. The quantitative estimate of drug-likeness (QED) is 0.748. The van der Waals surface area contributed by atoms with Crippen molar-refractivity contribution < 1.29 is 4.79 Å². The number of rotatable bonds is 3. The highest BCUT2D eigenvalue weighted by molar-refractivity contribution is 6.36. The molecule has 0 bridgehead atoms. The number of hydrogen-bond acceptors (Lipinski definition) is 1. The number of carbonyl (C=O) groups is 1. The van der Waals surface area contributed by atoms with Gasteiger partial charge in [0.15, 0.2) is 0 Å². The average molecular weight is 360 g/mol. The second-order valence-electron chi connectivity index (χ2n) is 6.67. The van der Waals surface area contributed by atoms with Crippen LogP contribution < -0.4 is 0 Å². The number of likely N-dealkylation sites (tertiary alicyclic amines) is 1. The summed E-state index contributed by atoms with van der Waals surface area (Å²) in [5.41, 5.74) is 3.60. The van der Waals surface area contributed by atoms with E-state index >= 15 is 0 Å². The van der Waals surface area contributed by atoms with Gasteiger partial charge in [-0.15, -0.1) is 0 Å². The monoisotopic (exact) mass is 359 g/mol. The molecule has 1 aliphatic carbocycles. The van der Waals surface area contributed by atoms with Crippen molar-refractivity contribution in [3.63, 3.8) is 0 Å². The van der Waals surface area contributed by atoms with E-state index in [9.17, 15) is 4.79 Å². The highest BCUT2D eigenvalue weighted by Gasteiger charge is 2.39. The second-order valence-corrected chi connectivity index (χ2v) is 7.49. The zero-order chi connectivity index (χ0) is 16.7. The van der Waals surface area contributed by atoms with E-state index in [1.54, 1.807) is 0 Å². The molecule has 2 aromatic carbocycles. The molecule has 4 rings (SSSR count). The molecule has 0 aromatic heterocycles. The molecule has 1 fully saturated rings. The van der Waals surface area contributed by atoms with Crippen molar-refractivity contribution in [2.45, 2.75) is 31.7 Å². The van der Waals surface area contributed by atoms with Crippen molar-refractivity contribution in [3.05, 3.63) is 69.2 Å². The van der Waals surface area contributed by atoms with Crippen LogP contribution in [0.15, 0.2) is 42.5 Å². The topological polar surface area (TPSA) is 20.3 Å². The molecule has 1 amide bonds. The van der Waals surface area contributed by atoms with Gasteiger partial charge in [0.25, 0.3) is 0 Å². The molecule has 0 radical (unpaired) electrons. The summed E-state index contributed by atoms with van der Waals surface area (Å²) >= 11 is 12.6. The second kappa shape index (κ2) is 6.42. The largest absolute Gasteiger partial charge is 0.335 e. The summed E-state index contributed by atoms with van der Waals surface area (Å²) in [6.07, 6.45) is 3.59. The van der Waals surface area contributed by atoms with Gasteiger partial charge in [-0.3, -0.25) is 4.79 Å². The summed E-state index contributed by atoms with van der Waals surface area (Å²) in [4.78, 5) is 15.0. The third-order valence-corrected chi connectivity index (χ3v) is 6.05. The number of halogens is 2. The molecule has 1 heterocycles. The van der Waals surface area contributed by atoms with Crippen LogP contribution in [-0.4, -0.2) is 17.4 Å². The van der Waals surface area contributed by atoms with Crippen molar-refractivity contribution in [1.82, 2.24) is 4.90 Å². The van der Waals surface area contributed by atoms with Gasteiger partial charge in [0.2, 0.25) is 5.91 Å². The molecule has 1 unspecified atom stereocenters. The van der Waals surface area contributed by atoms with Crippen LogP contribution in [0.1, 0.15) is 35.6 Å². The molecular weight excluding hydrogens is 341 g/mol. The minimum Gasteiger partial charge on any atom is -0.335 e. The maximum absolute atomic E-state index is 13.0. The normalized spacial score (nSPS) is 22.9. The SMILES string of the molecule is O=C1C(Cc2c(Cl)cccc2Cl)CCN1[C@H]1CCc2ccccc21. The zero-order valence-electron chi connectivity index (χ0n) is 13.3. The smallest absolute Gasteiger partial charge is 0.226 e. The standard InChI is InChI=1S/C20H19Cl2NO/c21-17-6-3-7-18(22)16(17)12-14-10-11-23(20(14)24)19-9-8-13-4-1-2-5-15(13)19/h1-7,14,19H,8-12H2/t14?,19-/m0/s1. The molecular formula is C20H19Cl2NO. The predicted octanol–water partition coefficient (Wildman–Crippen LogP) is 5.07. The van der Waals surface area contributed by atoms with Crippen LogP contribution in [-0.2, 0) is 17.6 Å². The fourth-order valence-electron chi connectivity index (χ4n) is 4.09. The van der Waals surface area contributed by atoms with Crippen molar-refractivity contribution in [2.75, 3.05) is 6.54 Å². The predicted molar refractivity (Wildman–Crippen MR) is 97.5 cm³/mol. The van der Waals surface area contributed by atoms with Gasteiger partial charge in [0.1, 0.15) is 0 Å². The number of aryl methyl sites for hydroxylation is 1. The lowest BCUT2D eigenvalue weighted by Crippen LogP contribution is -2.31. The van der Waals surface area contributed by atoms with Crippen LogP contribution in [0.2, 0.25) is 10.0 Å². The molecule has 1 aliphatic heterocycles. The lowest BCUT2D eigenvalue weighted by Gasteiger charge is -2.25. The van der Waals surface area contributed by atoms with Crippen molar-refractivity contribution in [1.29, 1.82) is 0 Å². The number of amides is 1. The third-order valence-electron chi connectivity index (χ3n) is 5.34. The van der Waals surface area contributed by atoms with Gasteiger partial charge in [-0.25, -0.2) is 0 Å². The summed E-state index contributed by atoms with van der Waals surface area (Å²) in [6, 6.07) is 14.2. The van der Waals surface area contributed by atoms with Gasteiger partial charge >= 0.3 is 0 Å². The summed E-state index contributed by atoms with van der Waals surface area (Å²) < 4.78 is 0. The fraction of sp³-hybridized carbons (Fsp3) is 0.350. The van der Waals surface area contributed by atoms with Crippen LogP contribution in [0.25, 0.3) is 0 Å². The Morgan fingerprint density at radius 2 is 1.75 bits per heavy atom. The molecule has 4 heteroatoms. The Labute approximate surface area is 152 Å². The molecule has 2 aliphatic rings. The van der Waals surface area contributed by atoms with Crippen LogP contribution in [0.4, 0.5) is 0 Å². The van der Waals surface area contributed by atoms with Crippen LogP contribution in [0, 0.1) is 5.92 Å². The summed E-state index contributed by atoms with van der Waals surface area (Å²) in [7, 11) is 0. The number of nitrogens with zero attached hydrogens (tertiary/aromatic N) is 1. The summed E-state index contributed by atoms with van der Waals surface area (Å²) in [5.74, 6) is 0.225. The lowest BCUT2D eigenvalue weighted by molar-refractivity contribution is -0.133. The Morgan fingerprint density at radius 1 is 1.00 bits per heavy atom. The molecule has 124 valence electrons. The highest BCUT2D eigenvalue weighted by atomic mass is 35.5. The van der Waals surface area contributed by atoms with E-state index in [1.807, 2.05) is 18.2 Å². The molecule has 1 saturated heterocycles. The lowest BCUT2D eigenvalue weighted by atomic mass is 9.98. The van der Waals surface area contributed by atoms with E-state index in [4.69, 9.17) is 23.2 Å². The van der Waals surface area contributed by atoms with Crippen LogP contribution >= 0.6 is 23.2 Å². The summed E-state index contributed by atoms with van der Waals surface area (Å²) in [5, 5.41) is 1.31. The maximum Gasteiger partial charge on any atom is 0.226 e. The van der Waals surface area contributed by atoms with Gasteiger partial charge in [0, 0.05) is 22.5 Å². The number of carbonyl (C=O) groups excluding carboxylic acids is 1.